The van der Waals surface area contributed by atoms with E-state index in [0.717, 1.165) is 0 Å². The van der Waals surface area contributed by atoms with E-state index in [9.17, 15) is 4.79 Å². The molecule has 0 heterocycles. The number of rotatable bonds is 14. The van der Waals surface area contributed by atoms with Crippen LogP contribution in [0.15, 0.2) is 0 Å². The summed E-state index contributed by atoms with van der Waals surface area (Å²) in [6, 6.07) is 0. The Balaban J connectivity index is 3.22. The van der Waals surface area contributed by atoms with Crippen LogP contribution in [0.1, 0.15) is 91.9 Å². The highest BCUT2D eigenvalue weighted by Gasteiger charge is 2.16. The van der Waals surface area contributed by atoms with E-state index in [2.05, 4.69) is 20.8 Å². The lowest BCUT2D eigenvalue weighted by molar-refractivity contribution is -0.120. The molecular formula is C18H36OS. The summed E-state index contributed by atoms with van der Waals surface area (Å²) in [4.78, 5) is 11.3. The molecule has 120 valence electrons. The van der Waals surface area contributed by atoms with Gasteiger partial charge >= 0.3 is 0 Å². The van der Waals surface area contributed by atoms with Crippen LogP contribution < -0.4 is 0 Å². The van der Waals surface area contributed by atoms with E-state index >= 15 is 0 Å². The van der Waals surface area contributed by atoms with Crippen molar-refractivity contribution in [1.82, 2.24) is 0 Å². The van der Waals surface area contributed by atoms with Gasteiger partial charge in [-0.25, -0.2) is 0 Å². The topological polar surface area (TPSA) is 17.1 Å². The van der Waals surface area contributed by atoms with Crippen LogP contribution in [0.5, 0.6) is 0 Å². The maximum Gasteiger partial charge on any atom is 0.133 e. The highest BCUT2D eigenvalue weighted by atomic mass is 32.2. The monoisotopic (exact) mass is 300 g/mol. The van der Waals surface area contributed by atoms with Crippen molar-refractivity contribution in [1.29, 1.82) is 0 Å². The van der Waals surface area contributed by atoms with Gasteiger partial charge in [0.05, 0.1) is 0 Å². The Labute approximate surface area is 131 Å². The van der Waals surface area contributed by atoms with Crippen molar-refractivity contribution in [3.63, 3.8) is 0 Å². The molecule has 0 saturated carbocycles. The molecule has 0 spiro atoms. The number of unbranched alkanes of at least 4 members (excludes halogenated alkanes) is 9. The molecule has 1 nitrogen and oxygen atoms in total. The molecule has 0 saturated heterocycles. The fourth-order valence-electron chi connectivity index (χ4n) is 2.33. The molecule has 0 bridgehead atoms. The van der Waals surface area contributed by atoms with E-state index in [0.29, 0.717) is 11.0 Å². The minimum absolute atomic E-state index is 0.211. The third kappa shape index (κ3) is 11.8. The van der Waals surface area contributed by atoms with Gasteiger partial charge in [-0.1, -0.05) is 78.6 Å². The van der Waals surface area contributed by atoms with Crippen LogP contribution in [0.25, 0.3) is 0 Å². The first kappa shape index (κ1) is 20.0. The Morgan fingerprint density at radius 1 is 0.850 bits per heavy atom. The second kappa shape index (κ2) is 14.0. The first-order valence-electron chi connectivity index (χ1n) is 8.71. The van der Waals surface area contributed by atoms with E-state index in [1.807, 2.05) is 11.8 Å². The summed E-state index contributed by atoms with van der Waals surface area (Å²) in [5, 5.41) is 0.478. The lowest BCUT2D eigenvalue weighted by Crippen LogP contribution is -2.18. The van der Waals surface area contributed by atoms with Crippen molar-refractivity contribution in [3.05, 3.63) is 0 Å². The Morgan fingerprint density at radius 3 is 1.75 bits per heavy atom. The summed E-state index contributed by atoms with van der Waals surface area (Å²) in [5.41, 5.74) is 0. The molecule has 0 aliphatic rings. The molecule has 2 heteroatoms. The molecule has 0 rings (SSSR count). The van der Waals surface area contributed by atoms with E-state index in [1.54, 1.807) is 6.92 Å². The molecule has 0 aromatic carbocycles. The molecule has 0 aliphatic carbocycles. The summed E-state index contributed by atoms with van der Waals surface area (Å²) in [5.74, 6) is 1.76. The van der Waals surface area contributed by atoms with Gasteiger partial charge in [0.2, 0.25) is 0 Å². The number of thioether (sulfide) groups is 1. The fraction of sp³-hybridized carbons (Fsp3) is 0.944. The molecule has 2 atom stereocenters. The zero-order valence-electron chi connectivity index (χ0n) is 14.2. The van der Waals surface area contributed by atoms with Gasteiger partial charge in [-0.05, 0) is 19.1 Å². The average molecular weight is 301 g/mol. The molecule has 0 fully saturated rings. The maximum absolute atomic E-state index is 11.3. The number of carbonyl (C=O) groups is 1. The van der Waals surface area contributed by atoms with Gasteiger partial charge in [-0.2, -0.15) is 11.8 Å². The quantitative estimate of drug-likeness (QED) is 0.352. The van der Waals surface area contributed by atoms with Gasteiger partial charge in [0, 0.05) is 11.2 Å². The number of ketones is 1. The van der Waals surface area contributed by atoms with Crippen molar-refractivity contribution in [2.24, 2.45) is 5.92 Å². The molecule has 2 unspecified atom stereocenters. The predicted octanol–water partition coefficient (Wildman–Crippen LogP) is 6.25. The number of Topliss-reactive ketones (excluding diaryl/α,β-unsaturated/α-hetero) is 1. The van der Waals surface area contributed by atoms with Gasteiger partial charge in [-0.3, -0.25) is 4.79 Å². The fourth-order valence-corrected chi connectivity index (χ4v) is 3.56. The lowest BCUT2D eigenvalue weighted by Gasteiger charge is -2.16. The van der Waals surface area contributed by atoms with Crippen LogP contribution in [0.3, 0.4) is 0 Å². The standard InChI is InChI=1S/C18H36OS/c1-5-6-7-8-9-10-11-12-13-14-15-20-18(4)16(2)17(3)19/h16,18H,5-15H2,1-4H3. The second-order valence-corrected chi connectivity index (χ2v) is 7.64. The van der Waals surface area contributed by atoms with E-state index in [4.69, 9.17) is 0 Å². The Kier molecular flexibility index (Phi) is 14.0. The third-order valence-electron chi connectivity index (χ3n) is 4.22. The summed E-state index contributed by atoms with van der Waals surface area (Å²) in [6.45, 7) is 8.23. The maximum atomic E-state index is 11.3. The minimum Gasteiger partial charge on any atom is -0.300 e. The second-order valence-electron chi connectivity index (χ2n) is 6.16. The molecule has 0 aromatic rings. The van der Waals surface area contributed by atoms with E-state index < -0.39 is 0 Å². The largest absolute Gasteiger partial charge is 0.300 e. The minimum atomic E-state index is 0.211. The van der Waals surface area contributed by atoms with Gasteiger partial charge in [0.25, 0.3) is 0 Å². The Bertz CT molecular complexity index is 227. The summed E-state index contributed by atoms with van der Waals surface area (Å²) in [7, 11) is 0. The molecule has 0 radical (unpaired) electrons. The first-order valence-corrected chi connectivity index (χ1v) is 9.76. The molecule has 0 aromatic heterocycles. The lowest BCUT2D eigenvalue weighted by atomic mass is 10.1. The highest BCUT2D eigenvalue weighted by Crippen LogP contribution is 2.21. The average Bonchev–Trinajstić information content (AvgIpc) is 2.43. The summed E-state index contributed by atoms with van der Waals surface area (Å²) in [6.07, 6.45) is 14.0. The normalized spacial score (nSPS) is 14.2. The van der Waals surface area contributed by atoms with Crippen molar-refractivity contribution in [3.8, 4) is 0 Å². The van der Waals surface area contributed by atoms with Crippen molar-refractivity contribution >= 4 is 17.5 Å². The van der Waals surface area contributed by atoms with Crippen LogP contribution in [-0.4, -0.2) is 16.8 Å². The molecule has 0 aliphatic heterocycles. The van der Waals surface area contributed by atoms with Crippen LogP contribution in [0.4, 0.5) is 0 Å². The van der Waals surface area contributed by atoms with Crippen LogP contribution >= 0.6 is 11.8 Å². The Morgan fingerprint density at radius 2 is 1.30 bits per heavy atom. The van der Waals surface area contributed by atoms with Crippen molar-refractivity contribution in [2.45, 2.75) is 97.2 Å². The zero-order chi connectivity index (χ0) is 15.2. The van der Waals surface area contributed by atoms with Gasteiger partial charge in [-0.15, -0.1) is 0 Å². The van der Waals surface area contributed by atoms with Crippen LogP contribution in [0.2, 0.25) is 0 Å². The van der Waals surface area contributed by atoms with Crippen LogP contribution in [0, 0.1) is 5.92 Å². The van der Waals surface area contributed by atoms with E-state index in [1.165, 1.54) is 70.0 Å². The van der Waals surface area contributed by atoms with Crippen LogP contribution in [-0.2, 0) is 4.79 Å². The van der Waals surface area contributed by atoms with Crippen molar-refractivity contribution in [2.75, 3.05) is 5.75 Å². The smallest absolute Gasteiger partial charge is 0.133 e. The number of carbonyl (C=O) groups excluding carboxylic acids is 1. The molecule has 0 N–H and O–H groups in total. The van der Waals surface area contributed by atoms with Gasteiger partial charge in [0.1, 0.15) is 5.78 Å². The highest BCUT2D eigenvalue weighted by molar-refractivity contribution is 7.99. The molecule has 0 amide bonds. The summed E-state index contributed by atoms with van der Waals surface area (Å²) < 4.78 is 0. The predicted molar refractivity (Wildman–Crippen MR) is 93.6 cm³/mol. The first-order chi connectivity index (χ1) is 9.59. The zero-order valence-corrected chi connectivity index (χ0v) is 15.1. The molecular weight excluding hydrogens is 264 g/mol. The van der Waals surface area contributed by atoms with Gasteiger partial charge < -0.3 is 0 Å². The number of hydrogen-bond donors (Lipinski definition) is 0. The van der Waals surface area contributed by atoms with E-state index in [-0.39, 0.29) is 5.92 Å². The van der Waals surface area contributed by atoms with Crippen molar-refractivity contribution < 1.29 is 4.79 Å². The number of hydrogen-bond acceptors (Lipinski definition) is 2. The van der Waals surface area contributed by atoms with Gasteiger partial charge in [0.15, 0.2) is 0 Å². The third-order valence-corrected chi connectivity index (χ3v) is 5.68. The SMILES string of the molecule is CCCCCCCCCCCCSC(C)C(C)C(C)=O. The molecule has 20 heavy (non-hydrogen) atoms. The Hall–Kier alpha value is 0.0200. The summed E-state index contributed by atoms with van der Waals surface area (Å²) >= 11 is 1.97.